The number of phenols is 1. The summed E-state index contributed by atoms with van der Waals surface area (Å²) in [5.41, 5.74) is 0. The molecular formula is C10H13O4. The third-order valence-electron chi connectivity index (χ3n) is 1.67. The van der Waals surface area contributed by atoms with Crippen molar-refractivity contribution in [3.8, 4) is 11.5 Å². The van der Waals surface area contributed by atoms with Crippen LogP contribution in [-0.4, -0.2) is 32.2 Å². The van der Waals surface area contributed by atoms with E-state index in [9.17, 15) is 0 Å². The Balaban J connectivity index is 2.44. The number of aromatic hydroxyl groups is 1. The molecule has 0 saturated carbocycles. The summed E-state index contributed by atoms with van der Waals surface area (Å²) < 4.78 is 15.2. The molecule has 0 aliphatic rings. The summed E-state index contributed by atoms with van der Waals surface area (Å²) in [7, 11) is 3.07. The highest BCUT2D eigenvalue weighted by Gasteiger charge is 2.05. The SMILES string of the molecule is COC(COc1cc[c]c(O)c1)OC. The fourth-order valence-electron chi connectivity index (χ4n) is 0.920. The summed E-state index contributed by atoms with van der Waals surface area (Å²) in [5.74, 6) is 0.606. The predicted octanol–water partition coefficient (Wildman–Crippen LogP) is 1.19. The van der Waals surface area contributed by atoms with E-state index in [1.807, 2.05) is 0 Å². The second-order valence-electron chi connectivity index (χ2n) is 2.62. The van der Waals surface area contributed by atoms with E-state index in [0.717, 1.165) is 0 Å². The molecule has 1 aromatic rings. The van der Waals surface area contributed by atoms with Gasteiger partial charge in [0.2, 0.25) is 0 Å². The number of hydrogen-bond donors (Lipinski definition) is 1. The van der Waals surface area contributed by atoms with Crippen LogP contribution in [-0.2, 0) is 9.47 Å². The molecule has 77 valence electrons. The molecule has 0 unspecified atom stereocenters. The molecule has 0 atom stereocenters. The molecule has 1 N–H and O–H groups in total. The van der Waals surface area contributed by atoms with Gasteiger partial charge in [-0.15, -0.1) is 0 Å². The van der Waals surface area contributed by atoms with Crippen LogP contribution in [0.4, 0.5) is 0 Å². The van der Waals surface area contributed by atoms with Gasteiger partial charge in [0.05, 0.1) is 0 Å². The van der Waals surface area contributed by atoms with Crippen molar-refractivity contribution in [1.82, 2.24) is 0 Å². The lowest BCUT2D eigenvalue weighted by Crippen LogP contribution is -2.21. The van der Waals surface area contributed by atoms with Gasteiger partial charge in [-0.05, 0) is 12.1 Å². The lowest BCUT2D eigenvalue weighted by molar-refractivity contribution is -0.121. The first-order valence-electron chi connectivity index (χ1n) is 4.15. The lowest BCUT2D eigenvalue weighted by atomic mass is 10.3. The first-order valence-corrected chi connectivity index (χ1v) is 4.15. The van der Waals surface area contributed by atoms with Crippen molar-refractivity contribution < 1.29 is 19.3 Å². The monoisotopic (exact) mass is 197 g/mol. The Morgan fingerprint density at radius 3 is 2.71 bits per heavy atom. The van der Waals surface area contributed by atoms with Crippen molar-refractivity contribution in [1.29, 1.82) is 0 Å². The Kier molecular flexibility index (Phi) is 4.22. The Bertz CT molecular complexity index is 271. The first-order chi connectivity index (χ1) is 6.76. The molecule has 0 heterocycles. The minimum absolute atomic E-state index is 0.0499. The summed E-state index contributed by atoms with van der Waals surface area (Å²) in [5, 5.41) is 9.09. The molecule has 14 heavy (non-hydrogen) atoms. The van der Waals surface area contributed by atoms with Gasteiger partial charge in [0.25, 0.3) is 0 Å². The number of hydrogen-bond acceptors (Lipinski definition) is 4. The molecule has 0 aromatic heterocycles. The smallest absolute Gasteiger partial charge is 0.191 e. The van der Waals surface area contributed by atoms with Gasteiger partial charge in [0, 0.05) is 26.4 Å². The Morgan fingerprint density at radius 2 is 2.14 bits per heavy atom. The predicted molar refractivity (Wildman–Crippen MR) is 50.2 cm³/mol. The van der Waals surface area contributed by atoms with Gasteiger partial charge in [-0.25, -0.2) is 0 Å². The van der Waals surface area contributed by atoms with E-state index in [1.165, 1.54) is 20.3 Å². The second kappa shape index (κ2) is 5.47. The number of methoxy groups -OCH3 is 2. The summed E-state index contributed by atoms with van der Waals surface area (Å²) in [6, 6.07) is 7.35. The maximum atomic E-state index is 9.09. The number of rotatable bonds is 5. The molecule has 4 nitrogen and oxygen atoms in total. The maximum Gasteiger partial charge on any atom is 0.191 e. The molecule has 0 amide bonds. The molecule has 0 fully saturated rings. The van der Waals surface area contributed by atoms with E-state index in [4.69, 9.17) is 19.3 Å². The minimum Gasteiger partial charge on any atom is -0.507 e. The normalized spacial score (nSPS) is 10.5. The van der Waals surface area contributed by atoms with Crippen LogP contribution in [0.15, 0.2) is 18.2 Å². The number of phenolic OH excluding ortho intramolecular Hbond substituents is 1. The zero-order valence-electron chi connectivity index (χ0n) is 8.19. The van der Waals surface area contributed by atoms with Crippen LogP contribution in [0.3, 0.4) is 0 Å². The quantitative estimate of drug-likeness (QED) is 0.720. The summed E-state index contributed by atoms with van der Waals surface area (Å²) >= 11 is 0. The third kappa shape index (κ3) is 3.24. The topological polar surface area (TPSA) is 47.9 Å². The van der Waals surface area contributed by atoms with E-state index in [0.29, 0.717) is 5.75 Å². The van der Waals surface area contributed by atoms with Gasteiger partial charge in [0.1, 0.15) is 18.1 Å². The van der Waals surface area contributed by atoms with Crippen LogP contribution in [0.5, 0.6) is 11.5 Å². The van der Waals surface area contributed by atoms with E-state index in [1.54, 1.807) is 12.1 Å². The van der Waals surface area contributed by atoms with Crippen molar-refractivity contribution in [3.05, 3.63) is 24.3 Å². The van der Waals surface area contributed by atoms with Crippen molar-refractivity contribution in [2.45, 2.75) is 6.29 Å². The van der Waals surface area contributed by atoms with Crippen LogP contribution < -0.4 is 4.74 Å². The highest BCUT2D eigenvalue weighted by molar-refractivity contribution is 5.30. The number of ether oxygens (including phenoxy) is 3. The van der Waals surface area contributed by atoms with Gasteiger partial charge in [-0.3, -0.25) is 0 Å². The van der Waals surface area contributed by atoms with Crippen LogP contribution in [0.2, 0.25) is 0 Å². The van der Waals surface area contributed by atoms with Gasteiger partial charge in [-0.2, -0.15) is 0 Å². The highest BCUT2D eigenvalue weighted by Crippen LogP contribution is 2.17. The van der Waals surface area contributed by atoms with Crippen LogP contribution in [0.25, 0.3) is 0 Å². The van der Waals surface area contributed by atoms with Crippen molar-refractivity contribution in [2.24, 2.45) is 0 Å². The van der Waals surface area contributed by atoms with Crippen LogP contribution in [0, 0.1) is 6.07 Å². The molecular weight excluding hydrogens is 184 g/mol. The molecule has 0 spiro atoms. The largest absolute Gasteiger partial charge is 0.507 e. The van der Waals surface area contributed by atoms with Gasteiger partial charge >= 0.3 is 0 Å². The molecule has 0 aliphatic carbocycles. The zero-order chi connectivity index (χ0) is 10.4. The highest BCUT2D eigenvalue weighted by atomic mass is 16.7. The van der Waals surface area contributed by atoms with Crippen molar-refractivity contribution >= 4 is 0 Å². The third-order valence-corrected chi connectivity index (χ3v) is 1.67. The van der Waals surface area contributed by atoms with E-state index in [2.05, 4.69) is 6.07 Å². The average Bonchev–Trinajstić information content (AvgIpc) is 2.19. The lowest BCUT2D eigenvalue weighted by Gasteiger charge is -2.14. The van der Waals surface area contributed by atoms with Crippen LogP contribution >= 0.6 is 0 Å². The van der Waals surface area contributed by atoms with Gasteiger partial charge in [0.15, 0.2) is 6.29 Å². The summed E-state index contributed by atoms with van der Waals surface area (Å²) in [6.45, 7) is 0.274. The standard InChI is InChI=1S/C10H13O4/c1-12-10(13-2)7-14-9-5-3-4-8(11)6-9/h3,5-6,10-11H,7H2,1-2H3. The zero-order valence-corrected chi connectivity index (χ0v) is 8.19. The average molecular weight is 197 g/mol. The Hall–Kier alpha value is -1.26. The van der Waals surface area contributed by atoms with E-state index < -0.39 is 6.29 Å². The Morgan fingerprint density at radius 1 is 1.43 bits per heavy atom. The first kappa shape index (κ1) is 10.8. The molecule has 0 aliphatic heterocycles. The summed E-state index contributed by atoms with van der Waals surface area (Å²) in [6.07, 6.45) is -0.402. The molecule has 0 bridgehead atoms. The molecule has 1 radical (unpaired) electrons. The fraction of sp³-hybridized carbons (Fsp3) is 0.400. The minimum atomic E-state index is -0.402. The van der Waals surface area contributed by atoms with Crippen molar-refractivity contribution in [3.63, 3.8) is 0 Å². The van der Waals surface area contributed by atoms with Gasteiger partial charge < -0.3 is 19.3 Å². The molecule has 1 rings (SSSR count). The molecule has 0 saturated heterocycles. The van der Waals surface area contributed by atoms with Crippen LogP contribution in [0.1, 0.15) is 0 Å². The second-order valence-corrected chi connectivity index (χ2v) is 2.62. The summed E-state index contributed by atoms with van der Waals surface area (Å²) in [4.78, 5) is 0. The van der Waals surface area contributed by atoms with Crippen molar-refractivity contribution in [2.75, 3.05) is 20.8 Å². The van der Waals surface area contributed by atoms with E-state index >= 15 is 0 Å². The maximum absolute atomic E-state index is 9.09. The molecule has 1 aromatic carbocycles. The Labute approximate surface area is 83.0 Å². The van der Waals surface area contributed by atoms with Gasteiger partial charge in [-0.1, -0.05) is 0 Å². The molecule has 4 heteroatoms. The fourth-order valence-corrected chi connectivity index (χ4v) is 0.920. The number of benzene rings is 1. The van der Waals surface area contributed by atoms with E-state index in [-0.39, 0.29) is 12.4 Å².